The maximum atomic E-state index is 12.3. The van der Waals surface area contributed by atoms with Crippen LogP contribution in [0.15, 0.2) is 82.3 Å². The van der Waals surface area contributed by atoms with E-state index in [1.807, 2.05) is 30.3 Å². The lowest BCUT2D eigenvalue weighted by Crippen LogP contribution is -2.17. The van der Waals surface area contributed by atoms with E-state index in [0.717, 1.165) is 11.1 Å². The van der Waals surface area contributed by atoms with Crippen LogP contribution in [-0.2, 0) is 4.74 Å². The predicted molar refractivity (Wildman–Crippen MR) is 119 cm³/mol. The third kappa shape index (κ3) is 4.81. The molecule has 0 aliphatic rings. The number of ether oxygens (including phenoxy) is 1. The predicted octanol–water partition coefficient (Wildman–Crippen LogP) is 4.28. The number of nitrogens with zero attached hydrogens (tertiary/aromatic N) is 2. The van der Waals surface area contributed by atoms with Crippen LogP contribution in [0.5, 0.6) is 0 Å². The van der Waals surface area contributed by atoms with Crippen LogP contribution < -0.4 is 5.43 Å². The Morgan fingerprint density at radius 1 is 1.06 bits per heavy atom. The van der Waals surface area contributed by atoms with Crippen LogP contribution in [0.1, 0.15) is 33.5 Å². The van der Waals surface area contributed by atoms with E-state index in [2.05, 4.69) is 20.7 Å². The smallest absolute Gasteiger partial charge is 0.338 e. The molecule has 0 bridgehead atoms. The minimum Gasteiger partial charge on any atom is -0.462 e. The minimum atomic E-state index is -0.419. The molecule has 0 atom stereocenters. The standard InChI is InChI=1S/C24H20N4O4/c1-2-31-24(30)18-10-8-17(9-11-18)22-13-12-19(32-22)15-25-28-23(29)21-14-20(26-27-21)16-6-4-3-5-7-16/h3-15H,2H2,1H3,(H,26,27)(H,28,29). The third-order valence-corrected chi connectivity index (χ3v) is 4.56. The van der Waals surface area contributed by atoms with Crippen molar-refractivity contribution in [1.82, 2.24) is 15.6 Å². The molecule has 0 aliphatic carbocycles. The van der Waals surface area contributed by atoms with Crippen molar-refractivity contribution in [2.75, 3.05) is 6.61 Å². The van der Waals surface area contributed by atoms with E-state index in [1.165, 1.54) is 6.21 Å². The number of hydrogen-bond acceptors (Lipinski definition) is 6. The highest BCUT2D eigenvalue weighted by molar-refractivity contribution is 5.94. The van der Waals surface area contributed by atoms with E-state index in [4.69, 9.17) is 9.15 Å². The molecule has 0 unspecified atom stereocenters. The second-order valence-corrected chi connectivity index (χ2v) is 6.73. The first-order valence-corrected chi connectivity index (χ1v) is 9.95. The molecule has 160 valence electrons. The number of rotatable bonds is 7. The molecule has 1 amide bonds. The Kier molecular flexibility index (Phi) is 6.22. The number of H-pyrrole nitrogens is 1. The zero-order valence-corrected chi connectivity index (χ0v) is 17.2. The van der Waals surface area contributed by atoms with Gasteiger partial charge in [0.1, 0.15) is 17.2 Å². The van der Waals surface area contributed by atoms with Crippen LogP contribution in [0.25, 0.3) is 22.6 Å². The molecule has 2 heterocycles. The molecule has 8 heteroatoms. The summed E-state index contributed by atoms with van der Waals surface area (Å²) in [6.07, 6.45) is 1.41. The van der Waals surface area contributed by atoms with Crippen LogP contribution in [0.4, 0.5) is 0 Å². The first-order chi connectivity index (χ1) is 15.6. The fourth-order valence-electron chi connectivity index (χ4n) is 2.97. The maximum Gasteiger partial charge on any atom is 0.338 e. The summed E-state index contributed by atoms with van der Waals surface area (Å²) < 4.78 is 10.7. The average molecular weight is 428 g/mol. The molecule has 0 saturated heterocycles. The van der Waals surface area contributed by atoms with E-state index in [-0.39, 0.29) is 5.97 Å². The molecule has 2 aromatic heterocycles. The van der Waals surface area contributed by atoms with Crippen LogP contribution in [-0.4, -0.2) is 34.9 Å². The van der Waals surface area contributed by atoms with Crippen molar-refractivity contribution in [2.24, 2.45) is 5.10 Å². The minimum absolute atomic E-state index is 0.294. The van der Waals surface area contributed by atoms with Crippen molar-refractivity contribution in [3.63, 3.8) is 0 Å². The van der Waals surface area contributed by atoms with E-state index in [0.29, 0.717) is 35.1 Å². The summed E-state index contributed by atoms with van der Waals surface area (Å²) in [5.41, 5.74) is 5.58. The van der Waals surface area contributed by atoms with Gasteiger partial charge in [-0.3, -0.25) is 9.89 Å². The van der Waals surface area contributed by atoms with Crippen molar-refractivity contribution in [3.8, 4) is 22.6 Å². The summed E-state index contributed by atoms with van der Waals surface area (Å²) in [4.78, 5) is 24.0. The number of nitrogens with one attached hydrogen (secondary N) is 2. The van der Waals surface area contributed by atoms with E-state index in [9.17, 15) is 9.59 Å². The first kappa shape index (κ1) is 20.8. The Labute approximate surface area is 183 Å². The number of carbonyl (C=O) groups is 2. The number of aromatic nitrogens is 2. The van der Waals surface area contributed by atoms with Gasteiger partial charge in [-0.2, -0.15) is 10.2 Å². The van der Waals surface area contributed by atoms with Crippen molar-refractivity contribution in [3.05, 3.63) is 89.8 Å². The molecule has 2 N–H and O–H groups in total. The Morgan fingerprint density at radius 2 is 1.84 bits per heavy atom. The van der Waals surface area contributed by atoms with Gasteiger partial charge < -0.3 is 9.15 Å². The highest BCUT2D eigenvalue weighted by Gasteiger charge is 2.11. The second kappa shape index (κ2) is 9.57. The Morgan fingerprint density at radius 3 is 2.59 bits per heavy atom. The lowest BCUT2D eigenvalue weighted by atomic mass is 10.1. The molecule has 2 aromatic carbocycles. The van der Waals surface area contributed by atoms with Gasteiger partial charge >= 0.3 is 5.97 Å². The Balaban J connectivity index is 1.36. The largest absolute Gasteiger partial charge is 0.462 e. The SMILES string of the molecule is CCOC(=O)c1ccc(-c2ccc(C=NNC(=O)c3cc(-c4ccccc4)n[nH]3)o2)cc1. The number of hydrazone groups is 1. The molecule has 0 fully saturated rings. The van der Waals surface area contributed by atoms with Gasteiger partial charge in [0.15, 0.2) is 0 Å². The number of aromatic amines is 1. The van der Waals surface area contributed by atoms with Crippen molar-refractivity contribution >= 4 is 18.1 Å². The number of amides is 1. The van der Waals surface area contributed by atoms with Gasteiger partial charge in [-0.25, -0.2) is 10.2 Å². The monoisotopic (exact) mass is 428 g/mol. The fourth-order valence-corrected chi connectivity index (χ4v) is 2.97. The molecule has 0 saturated carbocycles. The van der Waals surface area contributed by atoms with Gasteiger partial charge in [-0.1, -0.05) is 42.5 Å². The van der Waals surface area contributed by atoms with Gasteiger partial charge in [0.05, 0.1) is 24.1 Å². The quantitative estimate of drug-likeness (QED) is 0.259. The first-order valence-electron chi connectivity index (χ1n) is 9.95. The van der Waals surface area contributed by atoms with Crippen molar-refractivity contribution in [1.29, 1.82) is 0 Å². The molecular weight excluding hydrogens is 408 g/mol. The molecular formula is C24H20N4O4. The summed E-state index contributed by atoms with van der Waals surface area (Å²) in [6, 6.07) is 21.6. The van der Waals surface area contributed by atoms with Gasteiger partial charge in [0.2, 0.25) is 0 Å². The Hall–Kier alpha value is -4.46. The molecule has 4 aromatic rings. The summed E-state index contributed by atoms with van der Waals surface area (Å²) >= 11 is 0. The summed E-state index contributed by atoms with van der Waals surface area (Å²) in [5.74, 6) is 0.283. The van der Waals surface area contributed by atoms with E-state index >= 15 is 0 Å². The molecule has 0 aliphatic heterocycles. The van der Waals surface area contributed by atoms with Crippen molar-refractivity contribution < 1.29 is 18.7 Å². The highest BCUT2D eigenvalue weighted by Crippen LogP contribution is 2.22. The molecule has 4 rings (SSSR count). The van der Waals surface area contributed by atoms with Gasteiger partial charge in [0.25, 0.3) is 5.91 Å². The zero-order valence-electron chi connectivity index (χ0n) is 17.2. The third-order valence-electron chi connectivity index (χ3n) is 4.56. The lowest BCUT2D eigenvalue weighted by molar-refractivity contribution is 0.0526. The molecule has 32 heavy (non-hydrogen) atoms. The summed E-state index contributed by atoms with van der Waals surface area (Å²) in [7, 11) is 0. The highest BCUT2D eigenvalue weighted by atomic mass is 16.5. The lowest BCUT2D eigenvalue weighted by Gasteiger charge is -2.02. The van der Waals surface area contributed by atoms with E-state index in [1.54, 1.807) is 49.4 Å². The average Bonchev–Trinajstić information content (AvgIpc) is 3.50. The number of esters is 1. The van der Waals surface area contributed by atoms with Crippen LogP contribution in [0.3, 0.4) is 0 Å². The topological polar surface area (TPSA) is 110 Å². The molecule has 0 spiro atoms. The fraction of sp³-hybridized carbons (Fsp3) is 0.0833. The molecule has 0 radical (unpaired) electrons. The number of carbonyl (C=O) groups excluding carboxylic acids is 2. The second-order valence-electron chi connectivity index (χ2n) is 6.73. The number of benzene rings is 2. The van der Waals surface area contributed by atoms with Crippen LogP contribution in [0, 0.1) is 0 Å². The van der Waals surface area contributed by atoms with E-state index < -0.39 is 5.91 Å². The normalized spacial score (nSPS) is 10.9. The van der Waals surface area contributed by atoms with Gasteiger partial charge in [0, 0.05) is 11.1 Å². The van der Waals surface area contributed by atoms with Crippen LogP contribution >= 0.6 is 0 Å². The summed E-state index contributed by atoms with van der Waals surface area (Å²) in [5, 5.41) is 10.8. The number of furan rings is 1. The van der Waals surface area contributed by atoms with Crippen molar-refractivity contribution in [2.45, 2.75) is 6.92 Å². The van der Waals surface area contributed by atoms with Crippen LogP contribution in [0.2, 0.25) is 0 Å². The summed E-state index contributed by atoms with van der Waals surface area (Å²) in [6.45, 7) is 2.09. The molecule has 8 nitrogen and oxygen atoms in total. The number of hydrogen-bond donors (Lipinski definition) is 2. The Bertz CT molecular complexity index is 1240. The van der Waals surface area contributed by atoms with Gasteiger partial charge in [-0.15, -0.1) is 0 Å². The zero-order chi connectivity index (χ0) is 22.3. The van der Waals surface area contributed by atoms with Gasteiger partial charge in [-0.05, 0) is 37.3 Å². The maximum absolute atomic E-state index is 12.3.